The molecule has 0 aliphatic rings. The van der Waals surface area contributed by atoms with Crippen molar-refractivity contribution >= 4 is 13.6 Å². The van der Waals surface area contributed by atoms with E-state index in [9.17, 15) is 19.1 Å². The summed E-state index contributed by atoms with van der Waals surface area (Å²) < 4.78 is 17.7. The predicted octanol–water partition coefficient (Wildman–Crippen LogP) is 9.48. The van der Waals surface area contributed by atoms with Crippen molar-refractivity contribution in [1.29, 1.82) is 0 Å². The van der Waals surface area contributed by atoms with Gasteiger partial charge in [-0.2, -0.15) is 0 Å². The third kappa shape index (κ3) is 18.5. The fourth-order valence-electron chi connectivity index (χ4n) is 4.88. The van der Waals surface area contributed by atoms with E-state index in [0.717, 1.165) is 38.5 Å². The van der Waals surface area contributed by atoms with Gasteiger partial charge >= 0.3 is 13.6 Å². The van der Waals surface area contributed by atoms with Crippen LogP contribution in [0.25, 0.3) is 0 Å². The van der Waals surface area contributed by atoms with Crippen molar-refractivity contribution in [2.75, 3.05) is 6.61 Å². The third-order valence-corrected chi connectivity index (χ3v) is 9.44. The van der Waals surface area contributed by atoms with Crippen LogP contribution in [0.2, 0.25) is 0 Å². The molecular formula is C29H59O5P. The summed E-state index contributed by atoms with van der Waals surface area (Å²) >= 11 is 0. The Kier molecular flexibility index (Phi) is 22.5. The molecule has 0 rings (SSSR count). The number of unbranched alkanes of at least 4 members (excludes halogenated alkanes) is 18. The van der Waals surface area contributed by atoms with E-state index in [1.54, 1.807) is 6.92 Å². The molecule has 6 heteroatoms. The average Bonchev–Trinajstić information content (AvgIpc) is 2.82. The molecule has 210 valence electrons. The number of hydrogen-bond donors (Lipinski definition) is 2. The third-order valence-electron chi connectivity index (χ3n) is 7.51. The molecule has 0 aromatic heterocycles. The van der Waals surface area contributed by atoms with E-state index >= 15 is 0 Å². The maximum absolute atomic E-state index is 12.4. The summed E-state index contributed by atoms with van der Waals surface area (Å²) in [6.45, 7) is 6.60. The van der Waals surface area contributed by atoms with Gasteiger partial charge in [-0.25, -0.2) is 0 Å². The van der Waals surface area contributed by atoms with E-state index in [1.165, 1.54) is 89.9 Å². The molecule has 0 aromatic carbocycles. The monoisotopic (exact) mass is 518 g/mol. The lowest BCUT2D eigenvalue weighted by Gasteiger charge is -2.32. The Morgan fingerprint density at radius 1 is 0.629 bits per heavy atom. The molecule has 35 heavy (non-hydrogen) atoms. The van der Waals surface area contributed by atoms with E-state index in [2.05, 4.69) is 13.8 Å². The number of carbonyl (C=O) groups is 1. The van der Waals surface area contributed by atoms with Gasteiger partial charge in [-0.3, -0.25) is 9.36 Å². The van der Waals surface area contributed by atoms with Gasteiger partial charge in [0.1, 0.15) is 0 Å². The van der Waals surface area contributed by atoms with E-state index in [0.29, 0.717) is 19.4 Å². The average molecular weight is 519 g/mol. The zero-order valence-corrected chi connectivity index (χ0v) is 24.4. The van der Waals surface area contributed by atoms with E-state index in [4.69, 9.17) is 4.74 Å². The molecule has 0 saturated carbocycles. The highest BCUT2D eigenvalue weighted by Crippen LogP contribution is 2.57. The highest BCUT2D eigenvalue weighted by atomic mass is 31.2. The van der Waals surface area contributed by atoms with E-state index in [-0.39, 0.29) is 6.42 Å². The van der Waals surface area contributed by atoms with Crippen LogP contribution >= 0.6 is 7.60 Å². The Labute approximate surface area is 217 Å². The van der Waals surface area contributed by atoms with Crippen LogP contribution < -0.4 is 0 Å². The SMILES string of the molecule is CCCCCCCCCCCCOC(=O)CC(CC)(CCCCCCCCCCCC)P(=O)(O)O. The number of rotatable bonds is 26. The summed E-state index contributed by atoms with van der Waals surface area (Å²) in [4.78, 5) is 32.6. The summed E-state index contributed by atoms with van der Waals surface area (Å²) in [6, 6.07) is 0. The second-order valence-electron chi connectivity index (χ2n) is 10.6. The quantitative estimate of drug-likeness (QED) is 0.0676. The fourth-order valence-corrected chi connectivity index (χ4v) is 6.08. The van der Waals surface area contributed by atoms with Crippen molar-refractivity contribution in [3.8, 4) is 0 Å². The Morgan fingerprint density at radius 2 is 1.00 bits per heavy atom. The largest absolute Gasteiger partial charge is 0.466 e. The van der Waals surface area contributed by atoms with Crippen molar-refractivity contribution in [2.45, 2.75) is 174 Å². The first-order valence-corrected chi connectivity index (χ1v) is 16.7. The minimum Gasteiger partial charge on any atom is -0.466 e. The Balaban J connectivity index is 4.11. The van der Waals surface area contributed by atoms with Gasteiger partial charge in [0, 0.05) is 0 Å². The standard InChI is InChI=1S/C29H59O5P/c1-4-7-9-11-13-15-17-19-21-23-25-29(6-3,35(31,32)33)27-28(30)34-26-24-22-20-18-16-14-12-10-8-5-2/h4-27H2,1-3H3,(H2,31,32,33). The second-order valence-corrected chi connectivity index (χ2v) is 12.7. The van der Waals surface area contributed by atoms with Gasteiger partial charge in [0.05, 0.1) is 18.2 Å². The minimum atomic E-state index is -4.41. The van der Waals surface area contributed by atoms with Crippen molar-refractivity contribution in [1.82, 2.24) is 0 Å². The zero-order chi connectivity index (χ0) is 26.3. The van der Waals surface area contributed by atoms with Crippen LogP contribution in [-0.2, 0) is 14.1 Å². The lowest BCUT2D eigenvalue weighted by Crippen LogP contribution is -2.32. The molecule has 2 N–H and O–H groups in total. The highest BCUT2D eigenvalue weighted by Gasteiger charge is 2.46. The molecule has 0 aliphatic carbocycles. The van der Waals surface area contributed by atoms with Crippen LogP contribution in [0.4, 0.5) is 0 Å². The van der Waals surface area contributed by atoms with Crippen LogP contribution in [0.5, 0.6) is 0 Å². The van der Waals surface area contributed by atoms with Crippen molar-refractivity contribution in [2.24, 2.45) is 0 Å². The molecule has 0 amide bonds. The zero-order valence-electron chi connectivity index (χ0n) is 23.5. The highest BCUT2D eigenvalue weighted by molar-refractivity contribution is 7.53. The lowest BCUT2D eigenvalue weighted by atomic mass is 9.93. The number of carbonyl (C=O) groups excluding carboxylic acids is 1. The molecule has 0 aromatic rings. The smallest absolute Gasteiger partial charge is 0.332 e. The molecule has 0 saturated heterocycles. The van der Waals surface area contributed by atoms with E-state index in [1.807, 2.05) is 0 Å². The maximum Gasteiger partial charge on any atom is 0.332 e. The van der Waals surface area contributed by atoms with Gasteiger partial charge in [0.25, 0.3) is 0 Å². The first kappa shape index (κ1) is 34.6. The number of hydrogen-bond acceptors (Lipinski definition) is 3. The number of esters is 1. The van der Waals surface area contributed by atoms with Crippen molar-refractivity contribution in [3.05, 3.63) is 0 Å². The summed E-state index contributed by atoms with van der Waals surface area (Å²) in [5.74, 6) is -0.460. The summed E-state index contributed by atoms with van der Waals surface area (Å²) in [5, 5.41) is -1.28. The number of ether oxygens (including phenoxy) is 1. The van der Waals surface area contributed by atoms with Crippen LogP contribution in [0.3, 0.4) is 0 Å². The Morgan fingerprint density at radius 3 is 1.37 bits per heavy atom. The topological polar surface area (TPSA) is 83.8 Å². The fraction of sp³-hybridized carbons (Fsp3) is 0.966. The van der Waals surface area contributed by atoms with Gasteiger partial charge in [-0.1, -0.05) is 143 Å². The van der Waals surface area contributed by atoms with E-state index < -0.39 is 18.7 Å². The molecule has 0 bridgehead atoms. The molecule has 0 aliphatic heterocycles. The second kappa shape index (κ2) is 22.8. The van der Waals surface area contributed by atoms with Gasteiger partial charge < -0.3 is 14.5 Å². The van der Waals surface area contributed by atoms with Gasteiger partial charge in [0.2, 0.25) is 0 Å². The van der Waals surface area contributed by atoms with Crippen molar-refractivity contribution in [3.63, 3.8) is 0 Å². The molecule has 0 fully saturated rings. The van der Waals surface area contributed by atoms with Gasteiger partial charge in [0.15, 0.2) is 0 Å². The van der Waals surface area contributed by atoms with Crippen LogP contribution in [0, 0.1) is 0 Å². The maximum atomic E-state index is 12.4. The van der Waals surface area contributed by atoms with Gasteiger partial charge in [-0.05, 0) is 19.3 Å². The van der Waals surface area contributed by atoms with Crippen LogP contribution in [-0.4, -0.2) is 27.5 Å². The summed E-state index contributed by atoms with van der Waals surface area (Å²) in [7, 11) is -4.41. The molecular weight excluding hydrogens is 459 g/mol. The van der Waals surface area contributed by atoms with Crippen molar-refractivity contribution < 1.29 is 23.9 Å². The van der Waals surface area contributed by atoms with Gasteiger partial charge in [-0.15, -0.1) is 0 Å². The molecule has 1 atom stereocenters. The predicted molar refractivity (Wildman–Crippen MR) is 149 cm³/mol. The summed E-state index contributed by atoms with van der Waals surface area (Å²) in [6.07, 6.45) is 24.4. The molecule has 0 spiro atoms. The first-order valence-electron chi connectivity index (χ1n) is 15.0. The molecule has 1 unspecified atom stereocenters. The van der Waals surface area contributed by atoms with Crippen LogP contribution in [0.1, 0.15) is 168 Å². The molecule has 0 heterocycles. The molecule has 5 nitrogen and oxygen atoms in total. The molecule has 0 radical (unpaired) electrons. The summed E-state index contributed by atoms with van der Waals surface area (Å²) in [5.41, 5.74) is 0. The van der Waals surface area contributed by atoms with Crippen LogP contribution in [0.15, 0.2) is 0 Å². The Hall–Kier alpha value is -0.380. The lowest BCUT2D eigenvalue weighted by molar-refractivity contribution is -0.144. The normalized spacial score (nSPS) is 13.6. The first-order chi connectivity index (χ1) is 16.8. The minimum absolute atomic E-state index is 0.178. The Bertz CT molecular complexity index is 533.